The molecule has 1 aliphatic heterocycles. The van der Waals surface area contributed by atoms with E-state index in [4.69, 9.17) is 16.3 Å². The van der Waals surface area contributed by atoms with Gasteiger partial charge in [0.25, 0.3) is 0 Å². The number of nitrogens with zero attached hydrogens (tertiary/aromatic N) is 3. The van der Waals surface area contributed by atoms with Crippen molar-refractivity contribution >= 4 is 17.5 Å². The number of allylic oxidation sites excluding steroid dienone is 3. The number of rotatable bonds is 6. The third-order valence-corrected chi connectivity index (χ3v) is 5.52. The van der Waals surface area contributed by atoms with E-state index in [0.717, 1.165) is 35.5 Å². The average molecular weight is 442 g/mol. The molecule has 0 bridgehead atoms. The van der Waals surface area contributed by atoms with Crippen LogP contribution in [0.1, 0.15) is 38.7 Å². The Morgan fingerprint density at radius 2 is 1.91 bits per heavy atom. The van der Waals surface area contributed by atoms with E-state index in [9.17, 15) is 5.26 Å². The van der Waals surface area contributed by atoms with E-state index in [2.05, 4.69) is 19.1 Å². The lowest BCUT2D eigenvalue weighted by atomic mass is 10.1. The van der Waals surface area contributed by atoms with Crippen molar-refractivity contribution < 1.29 is 4.74 Å². The first-order valence-electron chi connectivity index (χ1n) is 11.0. The molecule has 0 saturated heterocycles. The molecule has 3 rings (SSSR count). The molecule has 0 amide bonds. The maximum Gasteiger partial charge on any atom is 0.121 e. The van der Waals surface area contributed by atoms with E-state index in [1.54, 1.807) is 12.1 Å². The summed E-state index contributed by atoms with van der Waals surface area (Å²) in [5.41, 5.74) is 11.8. The van der Waals surface area contributed by atoms with Crippen molar-refractivity contribution in [2.24, 2.45) is 11.6 Å². The van der Waals surface area contributed by atoms with Crippen LogP contribution in [0.2, 0.25) is 0 Å². The van der Waals surface area contributed by atoms with Gasteiger partial charge in [0.15, 0.2) is 0 Å². The van der Waals surface area contributed by atoms with E-state index >= 15 is 0 Å². The first-order valence-corrected chi connectivity index (χ1v) is 11.0. The maximum absolute atomic E-state index is 9.76. The lowest BCUT2D eigenvalue weighted by Gasteiger charge is -2.25. The highest BCUT2D eigenvalue weighted by Crippen LogP contribution is 2.42. The molecule has 1 aliphatic rings. The number of anilines is 2. The summed E-state index contributed by atoms with van der Waals surface area (Å²) >= 11 is 0. The van der Waals surface area contributed by atoms with Crippen molar-refractivity contribution in [2.75, 3.05) is 17.0 Å². The van der Waals surface area contributed by atoms with Crippen LogP contribution in [0.15, 0.2) is 89.5 Å². The van der Waals surface area contributed by atoms with Crippen LogP contribution in [0.25, 0.3) is 6.08 Å². The SMILES string of the molecule is CCC/C=C/N1/C(=C(\C)C#N)C/C(=C(N)\C=C\c2ccccc2)N(N)c2cc(OC)ccc21. The fourth-order valence-corrected chi connectivity index (χ4v) is 3.63. The Hall–Kier alpha value is -3.95. The van der Waals surface area contributed by atoms with Crippen molar-refractivity contribution in [3.8, 4) is 11.8 Å². The second-order valence-corrected chi connectivity index (χ2v) is 7.77. The van der Waals surface area contributed by atoms with Crippen molar-refractivity contribution in [2.45, 2.75) is 33.1 Å². The summed E-state index contributed by atoms with van der Waals surface area (Å²) in [4.78, 5) is 2.03. The minimum atomic E-state index is 0.397. The number of nitrogens with two attached hydrogens (primary N) is 2. The standard InChI is InChI=1S/C27H31N5O/c1-4-5-9-16-31-24-15-13-22(33-3)17-27(24)32(30)26(18-25(31)20(2)19-28)23(29)14-12-21-10-7-6-8-11-21/h6-17H,4-5,18,29-30H2,1-3H3/b14-12+,16-9+,25-20+,26-23-. The van der Waals surface area contributed by atoms with Crippen LogP contribution in [-0.2, 0) is 0 Å². The van der Waals surface area contributed by atoms with Gasteiger partial charge in [-0.2, -0.15) is 5.26 Å². The highest BCUT2D eigenvalue weighted by atomic mass is 16.5. The van der Waals surface area contributed by atoms with Crippen molar-refractivity contribution in [1.29, 1.82) is 5.26 Å². The number of ether oxygens (including phenoxy) is 1. The molecule has 6 heteroatoms. The molecule has 0 atom stereocenters. The number of nitriles is 1. The molecule has 6 nitrogen and oxygen atoms in total. The maximum atomic E-state index is 9.76. The second-order valence-electron chi connectivity index (χ2n) is 7.77. The van der Waals surface area contributed by atoms with Crippen molar-refractivity contribution in [3.63, 3.8) is 0 Å². The zero-order valence-corrected chi connectivity index (χ0v) is 19.5. The van der Waals surface area contributed by atoms with E-state index in [1.165, 1.54) is 0 Å². The number of hydrogen-bond acceptors (Lipinski definition) is 6. The number of benzene rings is 2. The summed E-state index contributed by atoms with van der Waals surface area (Å²) < 4.78 is 5.46. The van der Waals surface area contributed by atoms with Gasteiger partial charge in [-0.15, -0.1) is 0 Å². The molecular weight excluding hydrogens is 410 g/mol. The zero-order valence-electron chi connectivity index (χ0n) is 19.5. The first kappa shape index (κ1) is 23.7. The van der Waals surface area contributed by atoms with Gasteiger partial charge in [0.05, 0.1) is 35.9 Å². The number of unbranched alkanes of at least 4 members (excludes halogenated alkanes) is 1. The Bertz CT molecular complexity index is 1140. The Balaban J connectivity index is 2.20. The van der Waals surface area contributed by atoms with Crippen LogP contribution >= 0.6 is 0 Å². The van der Waals surface area contributed by atoms with Crippen molar-refractivity contribution in [1.82, 2.24) is 0 Å². The van der Waals surface area contributed by atoms with Gasteiger partial charge in [-0.25, -0.2) is 5.84 Å². The van der Waals surface area contributed by atoms with Gasteiger partial charge in [-0.3, -0.25) is 5.01 Å². The van der Waals surface area contributed by atoms with Crippen molar-refractivity contribution in [3.05, 3.63) is 95.1 Å². The first-order chi connectivity index (χ1) is 16.0. The normalized spacial score (nSPS) is 17.1. The highest BCUT2D eigenvalue weighted by Gasteiger charge is 2.28. The van der Waals surface area contributed by atoms with Gasteiger partial charge < -0.3 is 15.4 Å². The summed E-state index contributed by atoms with van der Waals surface area (Å²) in [5.74, 6) is 7.34. The van der Waals surface area contributed by atoms with Crippen LogP contribution in [0, 0.1) is 11.3 Å². The molecule has 0 spiro atoms. The molecule has 4 N–H and O–H groups in total. The van der Waals surface area contributed by atoms with Crippen LogP contribution in [0.3, 0.4) is 0 Å². The quantitative estimate of drug-likeness (QED) is 0.449. The third-order valence-electron chi connectivity index (χ3n) is 5.52. The van der Waals surface area contributed by atoms with E-state index in [-0.39, 0.29) is 0 Å². The summed E-state index contributed by atoms with van der Waals surface area (Å²) in [6, 6.07) is 18.0. The third kappa shape index (κ3) is 5.46. The molecule has 0 fully saturated rings. The molecule has 0 aliphatic carbocycles. The van der Waals surface area contributed by atoms with Gasteiger partial charge in [0.1, 0.15) is 5.75 Å². The summed E-state index contributed by atoms with van der Waals surface area (Å²) in [6.45, 7) is 3.95. The largest absolute Gasteiger partial charge is 0.497 e. The molecule has 1 heterocycles. The number of fused-ring (bicyclic) bond motifs is 1. The van der Waals surface area contributed by atoms with Crippen LogP contribution in [0.5, 0.6) is 5.75 Å². The molecular formula is C27H31N5O. The Morgan fingerprint density at radius 1 is 1.15 bits per heavy atom. The van der Waals surface area contributed by atoms with E-state index in [0.29, 0.717) is 29.1 Å². The Labute approximate surface area is 196 Å². The van der Waals surface area contributed by atoms with E-state index < -0.39 is 0 Å². The molecule has 2 aromatic carbocycles. The van der Waals surface area contributed by atoms with Gasteiger partial charge in [0.2, 0.25) is 0 Å². The molecule has 33 heavy (non-hydrogen) atoms. The Kier molecular flexibility index (Phi) is 7.96. The summed E-state index contributed by atoms with van der Waals surface area (Å²) in [6.07, 6.45) is 10.3. The molecule has 2 aromatic rings. The Morgan fingerprint density at radius 3 is 2.58 bits per heavy atom. The molecule has 0 aromatic heterocycles. The minimum absolute atomic E-state index is 0.397. The molecule has 170 valence electrons. The molecule has 0 radical (unpaired) electrons. The molecule has 0 unspecified atom stereocenters. The predicted octanol–water partition coefficient (Wildman–Crippen LogP) is 5.58. The number of methoxy groups -OCH3 is 1. The monoisotopic (exact) mass is 441 g/mol. The number of hydrogen-bond donors (Lipinski definition) is 2. The van der Waals surface area contributed by atoms with Gasteiger partial charge in [-0.05, 0) is 37.1 Å². The average Bonchev–Trinajstić information content (AvgIpc) is 2.97. The van der Waals surface area contributed by atoms with Gasteiger partial charge in [-0.1, -0.05) is 55.8 Å². The second kappa shape index (κ2) is 11.1. The van der Waals surface area contributed by atoms with E-state index in [1.807, 2.05) is 78.7 Å². The summed E-state index contributed by atoms with van der Waals surface area (Å²) in [5, 5.41) is 11.4. The smallest absolute Gasteiger partial charge is 0.121 e. The highest BCUT2D eigenvalue weighted by molar-refractivity contribution is 5.80. The van der Waals surface area contributed by atoms with Crippen LogP contribution in [-0.4, -0.2) is 7.11 Å². The zero-order chi connectivity index (χ0) is 23.8. The van der Waals surface area contributed by atoms with Gasteiger partial charge >= 0.3 is 0 Å². The number of hydrazine groups is 1. The van der Waals surface area contributed by atoms with Gasteiger partial charge in [0, 0.05) is 30.0 Å². The van der Waals surface area contributed by atoms with Crippen LogP contribution < -0.4 is 26.2 Å². The molecule has 0 saturated carbocycles. The summed E-state index contributed by atoms with van der Waals surface area (Å²) in [7, 11) is 1.62. The topological polar surface area (TPSA) is 91.5 Å². The minimum Gasteiger partial charge on any atom is -0.497 e. The fraction of sp³-hybridized carbons (Fsp3) is 0.222. The fourth-order valence-electron chi connectivity index (χ4n) is 3.63. The predicted molar refractivity (Wildman–Crippen MR) is 136 cm³/mol. The van der Waals surface area contributed by atoms with Crippen LogP contribution in [0.4, 0.5) is 11.4 Å². The lowest BCUT2D eigenvalue weighted by molar-refractivity contribution is 0.415. The lowest BCUT2D eigenvalue weighted by Crippen LogP contribution is -2.31.